The van der Waals surface area contributed by atoms with Crippen LogP contribution in [-0.2, 0) is 6.54 Å². The molecule has 0 fully saturated rings. The highest BCUT2D eigenvalue weighted by atomic mass is 35.5. The first kappa shape index (κ1) is 14.4. The van der Waals surface area contributed by atoms with Gasteiger partial charge in [-0.3, -0.25) is 0 Å². The van der Waals surface area contributed by atoms with Crippen molar-refractivity contribution in [2.75, 3.05) is 12.8 Å². The van der Waals surface area contributed by atoms with Gasteiger partial charge in [0.2, 0.25) is 0 Å². The van der Waals surface area contributed by atoms with Gasteiger partial charge in [0, 0.05) is 28.1 Å². The molecule has 92 valence electrons. The molecule has 0 atom stereocenters. The molecule has 0 bridgehead atoms. The molecule has 1 aromatic heterocycles. The van der Waals surface area contributed by atoms with E-state index in [9.17, 15) is 0 Å². The number of rotatable bonds is 7. The Balaban J connectivity index is 2.39. The van der Waals surface area contributed by atoms with Crippen LogP contribution < -0.4 is 5.32 Å². The van der Waals surface area contributed by atoms with E-state index in [4.69, 9.17) is 11.6 Å². The number of halogens is 1. The van der Waals surface area contributed by atoms with Gasteiger partial charge in [0.15, 0.2) is 0 Å². The fraction of sp³-hybridized carbons (Fsp3) is 0.667. The Kier molecular flexibility index (Phi) is 6.19. The lowest BCUT2D eigenvalue weighted by molar-refractivity contribution is 0.496. The van der Waals surface area contributed by atoms with Crippen LogP contribution in [0.25, 0.3) is 0 Å². The van der Waals surface area contributed by atoms with Crippen LogP contribution in [0.5, 0.6) is 0 Å². The first-order chi connectivity index (χ1) is 7.65. The predicted molar refractivity (Wildman–Crippen MR) is 77.9 cm³/mol. The Morgan fingerprint density at radius 1 is 1.44 bits per heavy atom. The molecule has 0 amide bonds. The molecular weight excluding hydrogens is 258 g/mol. The predicted octanol–water partition coefficient (Wildman–Crippen LogP) is 4.41. The minimum absolute atomic E-state index is 0.390. The first-order valence-corrected chi connectivity index (χ1v) is 8.13. The summed E-state index contributed by atoms with van der Waals surface area (Å²) in [5.41, 5.74) is 0. The highest BCUT2D eigenvalue weighted by molar-refractivity contribution is 8.00. The van der Waals surface area contributed by atoms with Gasteiger partial charge in [-0.25, -0.2) is 0 Å². The van der Waals surface area contributed by atoms with E-state index in [0.29, 0.717) is 4.75 Å². The Labute approximate surface area is 112 Å². The zero-order valence-corrected chi connectivity index (χ0v) is 12.6. The van der Waals surface area contributed by atoms with Crippen LogP contribution in [-0.4, -0.2) is 17.5 Å². The van der Waals surface area contributed by atoms with Crippen molar-refractivity contribution >= 4 is 34.7 Å². The van der Waals surface area contributed by atoms with Crippen molar-refractivity contribution in [2.45, 2.75) is 38.0 Å². The molecule has 0 aliphatic carbocycles. The van der Waals surface area contributed by atoms with Gasteiger partial charge >= 0.3 is 0 Å². The SMILES string of the molecule is CCC(CC)(CNCc1cc(Cl)cs1)SC. The van der Waals surface area contributed by atoms with Crippen molar-refractivity contribution in [3.63, 3.8) is 0 Å². The van der Waals surface area contributed by atoms with Crippen molar-refractivity contribution in [3.05, 3.63) is 21.3 Å². The molecule has 1 rings (SSSR count). The van der Waals surface area contributed by atoms with Gasteiger partial charge in [0.1, 0.15) is 0 Å². The summed E-state index contributed by atoms with van der Waals surface area (Å²) in [7, 11) is 0. The molecule has 0 saturated heterocycles. The summed E-state index contributed by atoms with van der Waals surface area (Å²) in [6.07, 6.45) is 4.63. The Morgan fingerprint density at radius 3 is 2.56 bits per heavy atom. The average molecular weight is 278 g/mol. The van der Waals surface area contributed by atoms with Gasteiger partial charge < -0.3 is 5.32 Å². The van der Waals surface area contributed by atoms with Crippen LogP contribution in [0, 0.1) is 0 Å². The molecule has 0 spiro atoms. The van der Waals surface area contributed by atoms with Gasteiger partial charge in [-0.1, -0.05) is 25.4 Å². The van der Waals surface area contributed by atoms with Gasteiger partial charge in [0.25, 0.3) is 0 Å². The molecule has 0 aliphatic heterocycles. The number of nitrogens with one attached hydrogen (secondary N) is 1. The number of hydrogen-bond acceptors (Lipinski definition) is 3. The molecule has 16 heavy (non-hydrogen) atoms. The maximum atomic E-state index is 5.89. The molecule has 0 radical (unpaired) electrons. The van der Waals surface area contributed by atoms with Crippen LogP contribution in [0.1, 0.15) is 31.6 Å². The van der Waals surface area contributed by atoms with Crippen molar-refractivity contribution < 1.29 is 0 Å². The van der Waals surface area contributed by atoms with E-state index in [2.05, 4.69) is 25.4 Å². The molecule has 0 aromatic carbocycles. The third-order valence-electron chi connectivity index (χ3n) is 3.09. The molecular formula is C12H20ClNS2. The lowest BCUT2D eigenvalue weighted by atomic mass is 10.0. The van der Waals surface area contributed by atoms with E-state index in [1.165, 1.54) is 17.7 Å². The van der Waals surface area contributed by atoms with Gasteiger partial charge in [-0.05, 0) is 25.2 Å². The summed E-state index contributed by atoms with van der Waals surface area (Å²) in [6, 6.07) is 2.04. The molecule has 1 nitrogen and oxygen atoms in total. The average Bonchev–Trinajstić information content (AvgIpc) is 2.71. The molecule has 1 aromatic rings. The first-order valence-electron chi connectivity index (χ1n) is 5.64. The molecule has 0 saturated carbocycles. The smallest absolute Gasteiger partial charge is 0.0516 e. The van der Waals surface area contributed by atoms with Crippen LogP contribution in [0.15, 0.2) is 11.4 Å². The molecule has 4 heteroatoms. The maximum absolute atomic E-state index is 5.89. The lowest BCUT2D eigenvalue weighted by Gasteiger charge is -2.29. The summed E-state index contributed by atoms with van der Waals surface area (Å²) >= 11 is 9.58. The Bertz CT molecular complexity index is 299. The zero-order valence-electron chi connectivity index (χ0n) is 10.2. The second kappa shape index (κ2) is 6.90. The topological polar surface area (TPSA) is 12.0 Å². The summed E-state index contributed by atoms with van der Waals surface area (Å²) in [6.45, 7) is 6.53. The van der Waals surface area contributed by atoms with E-state index in [-0.39, 0.29) is 0 Å². The molecule has 0 aliphatic rings. The largest absolute Gasteiger partial charge is 0.310 e. The molecule has 0 unspecified atom stereocenters. The highest BCUT2D eigenvalue weighted by Crippen LogP contribution is 2.29. The fourth-order valence-electron chi connectivity index (χ4n) is 1.72. The van der Waals surface area contributed by atoms with Crippen molar-refractivity contribution in [3.8, 4) is 0 Å². The molecule has 1 N–H and O–H groups in total. The lowest BCUT2D eigenvalue weighted by Crippen LogP contribution is -2.36. The van der Waals surface area contributed by atoms with E-state index in [0.717, 1.165) is 18.1 Å². The van der Waals surface area contributed by atoms with E-state index < -0.39 is 0 Å². The van der Waals surface area contributed by atoms with Crippen LogP contribution >= 0.6 is 34.7 Å². The summed E-state index contributed by atoms with van der Waals surface area (Å²) in [5.74, 6) is 0. The molecule has 1 heterocycles. The summed E-state index contributed by atoms with van der Waals surface area (Å²) in [4.78, 5) is 1.31. The number of hydrogen-bond donors (Lipinski definition) is 1. The quantitative estimate of drug-likeness (QED) is 0.792. The highest BCUT2D eigenvalue weighted by Gasteiger charge is 2.23. The van der Waals surface area contributed by atoms with Gasteiger partial charge in [0.05, 0.1) is 5.02 Å². The summed E-state index contributed by atoms with van der Waals surface area (Å²) < 4.78 is 0.390. The Hall–Kier alpha value is 0.300. The second-order valence-electron chi connectivity index (χ2n) is 3.93. The zero-order chi connectivity index (χ0) is 12.0. The van der Waals surface area contributed by atoms with Crippen molar-refractivity contribution in [1.29, 1.82) is 0 Å². The van der Waals surface area contributed by atoms with Crippen LogP contribution in [0.3, 0.4) is 0 Å². The van der Waals surface area contributed by atoms with E-state index in [1.54, 1.807) is 11.3 Å². The van der Waals surface area contributed by atoms with Crippen LogP contribution in [0.2, 0.25) is 5.02 Å². The van der Waals surface area contributed by atoms with E-state index >= 15 is 0 Å². The van der Waals surface area contributed by atoms with Crippen molar-refractivity contribution in [1.82, 2.24) is 5.32 Å². The number of thioether (sulfide) groups is 1. The normalized spacial score (nSPS) is 12.0. The monoisotopic (exact) mass is 277 g/mol. The maximum Gasteiger partial charge on any atom is 0.0516 e. The third kappa shape index (κ3) is 3.95. The van der Waals surface area contributed by atoms with Gasteiger partial charge in [-0.15, -0.1) is 11.3 Å². The summed E-state index contributed by atoms with van der Waals surface area (Å²) in [5, 5.41) is 6.38. The van der Waals surface area contributed by atoms with Gasteiger partial charge in [-0.2, -0.15) is 11.8 Å². The fourth-order valence-corrected chi connectivity index (χ4v) is 3.59. The number of thiophene rings is 1. The van der Waals surface area contributed by atoms with Crippen LogP contribution in [0.4, 0.5) is 0 Å². The van der Waals surface area contributed by atoms with E-state index in [1.807, 2.05) is 23.2 Å². The standard InChI is InChI=1S/C12H20ClNS2/c1-4-12(5-2,15-3)9-14-7-11-6-10(13)8-16-11/h6,8,14H,4-5,7,9H2,1-3H3. The Morgan fingerprint density at radius 2 is 2.12 bits per heavy atom. The minimum Gasteiger partial charge on any atom is -0.310 e. The van der Waals surface area contributed by atoms with Crippen molar-refractivity contribution in [2.24, 2.45) is 0 Å². The minimum atomic E-state index is 0.390. The second-order valence-corrected chi connectivity index (χ2v) is 6.64. The third-order valence-corrected chi connectivity index (χ3v) is 5.96.